The van der Waals surface area contributed by atoms with Crippen molar-refractivity contribution in [1.82, 2.24) is 14.8 Å². The third kappa shape index (κ3) is 2.30. The lowest BCUT2D eigenvalue weighted by Crippen LogP contribution is -2.05. The number of nitrogens with zero attached hydrogens (tertiary/aromatic N) is 3. The van der Waals surface area contributed by atoms with Gasteiger partial charge in [-0.2, -0.15) is 5.10 Å². The van der Waals surface area contributed by atoms with Crippen molar-refractivity contribution in [2.45, 2.75) is 27.3 Å². The minimum Gasteiger partial charge on any atom is -0.397 e. The van der Waals surface area contributed by atoms with Crippen molar-refractivity contribution in [1.29, 1.82) is 0 Å². The van der Waals surface area contributed by atoms with Gasteiger partial charge < -0.3 is 11.1 Å². The Morgan fingerprint density at radius 1 is 1.33 bits per heavy atom. The first-order valence-corrected chi connectivity index (χ1v) is 5.94. The van der Waals surface area contributed by atoms with Crippen molar-refractivity contribution in [3.63, 3.8) is 0 Å². The molecule has 3 N–H and O–H groups in total. The van der Waals surface area contributed by atoms with Crippen LogP contribution in [0.1, 0.15) is 22.5 Å². The molecule has 2 rings (SSSR count). The minimum atomic E-state index is 0.687. The maximum absolute atomic E-state index is 5.68. The minimum absolute atomic E-state index is 0.687. The van der Waals surface area contributed by atoms with Crippen LogP contribution in [0.15, 0.2) is 12.3 Å². The van der Waals surface area contributed by atoms with Gasteiger partial charge in [0.2, 0.25) is 0 Å². The molecule has 2 heterocycles. The molecule has 0 radical (unpaired) electrons. The Hall–Kier alpha value is -2.04. The first kappa shape index (κ1) is 12.4. The molecule has 2 aromatic rings. The van der Waals surface area contributed by atoms with E-state index in [0.29, 0.717) is 5.69 Å². The number of hydrogen-bond acceptors (Lipinski definition) is 4. The van der Waals surface area contributed by atoms with Gasteiger partial charge in [-0.1, -0.05) is 0 Å². The second kappa shape index (κ2) is 4.68. The second-order valence-corrected chi connectivity index (χ2v) is 4.56. The Morgan fingerprint density at radius 3 is 2.61 bits per heavy atom. The summed E-state index contributed by atoms with van der Waals surface area (Å²) in [6.45, 7) is 6.81. The SMILES string of the molecule is Cc1cc(N)cnc1NCc1c(C)nn(C)c1C. The van der Waals surface area contributed by atoms with Crippen LogP contribution in [0, 0.1) is 20.8 Å². The number of nitrogens with one attached hydrogen (secondary N) is 1. The molecule has 0 aliphatic rings. The van der Waals surface area contributed by atoms with Crippen molar-refractivity contribution in [2.24, 2.45) is 7.05 Å². The highest BCUT2D eigenvalue weighted by atomic mass is 15.3. The third-order valence-electron chi connectivity index (χ3n) is 3.19. The Balaban J connectivity index is 2.16. The van der Waals surface area contributed by atoms with E-state index in [1.807, 2.05) is 31.6 Å². The molecular formula is C13H19N5. The number of nitrogen functional groups attached to an aromatic ring is 1. The summed E-state index contributed by atoms with van der Waals surface area (Å²) in [5, 5.41) is 7.73. The van der Waals surface area contributed by atoms with Gasteiger partial charge in [0.15, 0.2) is 0 Å². The zero-order valence-electron chi connectivity index (χ0n) is 11.3. The van der Waals surface area contributed by atoms with Crippen molar-refractivity contribution in [2.75, 3.05) is 11.1 Å². The van der Waals surface area contributed by atoms with E-state index in [1.54, 1.807) is 6.20 Å². The fourth-order valence-electron chi connectivity index (χ4n) is 2.03. The van der Waals surface area contributed by atoms with E-state index in [2.05, 4.69) is 22.3 Å². The molecule has 96 valence electrons. The molecule has 0 aromatic carbocycles. The summed E-state index contributed by atoms with van der Waals surface area (Å²) in [6.07, 6.45) is 1.66. The number of aromatic nitrogens is 3. The molecule has 18 heavy (non-hydrogen) atoms. The highest BCUT2D eigenvalue weighted by Crippen LogP contribution is 2.17. The summed E-state index contributed by atoms with van der Waals surface area (Å²) in [4.78, 5) is 4.30. The van der Waals surface area contributed by atoms with E-state index in [9.17, 15) is 0 Å². The van der Waals surface area contributed by atoms with Crippen molar-refractivity contribution < 1.29 is 0 Å². The van der Waals surface area contributed by atoms with E-state index >= 15 is 0 Å². The predicted octanol–water partition coefficient (Wildman–Crippen LogP) is 1.93. The summed E-state index contributed by atoms with van der Waals surface area (Å²) in [5.74, 6) is 0.867. The van der Waals surface area contributed by atoms with Crippen LogP contribution in [-0.4, -0.2) is 14.8 Å². The Labute approximate surface area is 107 Å². The Kier molecular flexibility index (Phi) is 3.23. The smallest absolute Gasteiger partial charge is 0.129 e. The molecule has 5 heteroatoms. The molecule has 0 bridgehead atoms. The number of rotatable bonds is 3. The normalized spacial score (nSPS) is 10.7. The maximum Gasteiger partial charge on any atom is 0.129 e. The van der Waals surface area contributed by atoms with Crippen LogP contribution in [0.4, 0.5) is 11.5 Å². The zero-order valence-corrected chi connectivity index (χ0v) is 11.3. The number of aryl methyl sites for hydroxylation is 3. The molecule has 0 unspecified atom stereocenters. The number of nitrogens with two attached hydrogens (primary N) is 1. The van der Waals surface area contributed by atoms with Crippen LogP contribution in [0.5, 0.6) is 0 Å². The Bertz CT molecular complexity index is 571. The maximum atomic E-state index is 5.68. The summed E-state index contributed by atoms with van der Waals surface area (Å²) < 4.78 is 1.90. The molecule has 0 amide bonds. The summed E-state index contributed by atoms with van der Waals surface area (Å²) in [7, 11) is 1.96. The van der Waals surface area contributed by atoms with Crippen LogP contribution < -0.4 is 11.1 Å². The molecule has 0 fully saturated rings. The van der Waals surface area contributed by atoms with E-state index in [4.69, 9.17) is 5.73 Å². The molecule has 0 atom stereocenters. The summed E-state index contributed by atoms with van der Waals surface area (Å²) >= 11 is 0. The lowest BCUT2D eigenvalue weighted by Gasteiger charge is -2.09. The molecule has 0 spiro atoms. The number of pyridine rings is 1. The Morgan fingerprint density at radius 2 is 2.06 bits per heavy atom. The monoisotopic (exact) mass is 245 g/mol. The van der Waals surface area contributed by atoms with Gasteiger partial charge in [-0.25, -0.2) is 4.98 Å². The lowest BCUT2D eigenvalue weighted by molar-refractivity contribution is 0.730. The summed E-state index contributed by atoms with van der Waals surface area (Å²) in [6, 6.07) is 1.91. The predicted molar refractivity (Wildman–Crippen MR) is 73.4 cm³/mol. The van der Waals surface area contributed by atoms with Crippen LogP contribution in [-0.2, 0) is 13.6 Å². The van der Waals surface area contributed by atoms with Gasteiger partial charge in [-0.3, -0.25) is 4.68 Å². The number of anilines is 2. The highest BCUT2D eigenvalue weighted by molar-refractivity contribution is 5.51. The average molecular weight is 245 g/mol. The standard InChI is InChI=1S/C13H19N5/c1-8-5-11(14)6-15-13(8)16-7-12-9(2)17-18(4)10(12)3/h5-6H,7,14H2,1-4H3,(H,15,16). The summed E-state index contributed by atoms with van der Waals surface area (Å²) in [5.41, 5.74) is 10.9. The van der Waals surface area contributed by atoms with Gasteiger partial charge >= 0.3 is 0 Å². The van der Waals surface area contributed by atoms with Gasteiger partial charge in [0.25, 0.3) is 0 Å². The molecule has 0 saturated carbocycles. The van der Waals surface area contributed by atoms with Crippen molar-refractivity contribution in [3.8, 4) is 0 Å². The van der Waals surface area contributed by atoms with Gasteiger partial charge in [0.1, 0.15) is 5.82 Å². The van der Waals surface area contributed by atoms with E-state index in [-0.39, 0.29) is 0 Å². The molecule has 2 aromatic heterocycles. The molecule has 5 nitrogen and oxygen atoms in total. The van der Waals surface area contributed by atoms with Crippen LogP contribution in [0.2, 0.25) is 0 Å². The molecule has 0 saturated heterocycles. The highest BCUT2D eigenvalue weighted by Gasteiger charge is 2.09. The van der Waals surface area contributed by atoms with E-state index in [0.717, 1.165) is 23.6 Å². The van der Waals surface area contributed by atoms with Crippen molar-refractivity contribution >= 4 is 11.5 Å². The average Bonchev–Trinajstić information content (AvgIpc) is 2.53. The number of hydrogen-bond donors (Lipinski definition) is 2. The molecule has 0 aliphatic heterocycles. The zero-order chi connectivity index (χ0) is 13.3. The van der Waals surface area contributed by atoms with Crippen molar-refractivity contribution in [3.05, 3.63) is 34.8 Å². The molecular weight excluding hydrogens is 226 g/mol. The third-order valence-corrected chi connectivity index (χ3v) is 3.19. The lowest BCUT2D eigenvalue weighted by atomic mass is 10.2. The van der Waals surface area contributed by atoms with E-state index < -0.39 is 0 Å². The fourth-order valence-corrected chi connectivity index (χ4v) is 2.03. The van der Waals surface area contributed by atoms with Gasteiger partial charge in [0.05, 0.1) is 17.6 Å². The second-order valence-electron chi connectivity index (χ2n) is 4.56. The van der Waals surface area contributed by atoms with Crippen LogP contribution in [0.3, 0.4) is 0 Å². The van der Waals surface area contributed by atoms with Crippen LogP contribution >= 0.6 is 0 Å². The topological polar surface area (TPSA) is 68.8 Å². The quantitative estimate of drug-likeness (QED) is 0.867. The van der Waals surface area contributed by atoms with Gasteiger partial charge in [-0.15, -0.1) is 0 Å². The van der Waals surface area contributed by atoms with Gasteiger partial charge in [0, 0.05) is 24.8 Å². The largest absolute Gasteiger partial charge is 0.397 e. The molecule has 0 aliphatic carbocycles. The first-order chi connectivity index (χ1) is 8.49. The van der Waals surface area contributed by atoms with Crippen LogP contribution in [0.25, 0.3) is 0 Å². The fraction of sp³-hybridized carbons (Fsp3) is 0.385. The van der Waals surface area contributed by atoms with E-state index in [1.165, 1.54) is 11.3 Å². The van der Waals surface area contributed by atoms with Gasteiger partial charge in [-0.05, 0) is 32.4 Å². The first-order valence-electron chi connectivity index (χ1n) is 5.94.